The van der Waals surface area contributed by atoms with Gasteiger partial charge < -0.3 is 30.6 Å². The second kappa shape index (κ2) is 37.4. The third-order valence-corrected chi connectivity index (χ3v) is 7.56. The zero-order valence-electron chi connectivity index (χ0n) is 29.7. The molecule has 1 atom stereocenters. The van der Waals surface area contributed by atoms with E-state index in [1.54, 1.807) is 6.92 Å². The van der Waals surface area contributed by atoms with Crippen molar-refractivity contribution in [1.29, 1.82) is 0 Å². The summed E-state index contributed by atoms with van der Waals surface area (Å²) in [6, 6.07) is -0.484. The number of nitrogens with two attached hydrogens (primary N) is 1. The Morgan fingerprint density at radius 2 is 0.978 bits per heavy atom. The number of hydrogen-bond donors (Lipinski definition) is 3. The summed E-state index contributed by atoms with van der Waals surface area (Å²) in [5.41, 5.74) is 5.48. The molecule has 46 heavy (non-hydrogen) atoms. The number of nitrogens with one attached hydrogen (secondary N) is 2. The second-order valence-corrected chi connectivity index (χ2v) is 12.1. The van der Waals surface area contributed by atoms with Gasteiger partial charge in [-0.3, -0.25) is 9.59 Å². The predicted molar refractivity (Wildman–Crippen MR) is 190 cm³/mol. The van der Waals surface area contributed by atoms with E-state index < -0.39 is 6.04 Å². The van der Waals surface area contributed by atoms with Crippen molar-refractivity contribution < 1.29 is 23.8 Å². The van der Waals surface area contributed by atoms with Crippen molar-refractivity contribution in [3.8, 4) is 23.7 Å². The minimum Gasteiger partial charge on any atom is -0.379 e. The lowest BCUT2D eigenvalue weighted by molar-refractivity contribution is -0.122. The van der Waals surface area contributed by atoms with Crippen LogP contribution in [0.15, 0.2) is 0 Å². The molecule has 0 saturated heterocycles. The molecular formula is C38H69N3O5. The smallest absolute Gasteiger partial charge is 0.236 e. The van der Waals surface area contributed by atoms with Crippen LogP contribution in [-0.2, 0) is 23.8 Å². The Morgan fingerprint density at radius 1 is 0.565 bits per heavy atom. The molecule has 0 bridgehead atoms. The highest BCUT2D eigenvalue weighted by Gasteiger charge is 2.05. The number of carbonyl (C=O) groups is 2. The van der Waals surface area contributed by atoms with Crippen LogP contribution >= 0.6 is 0 Å². The van der Waals surface area contributed by atoms with Gasteiger partial charge in [-0.1, -0.05) is 102 Å². The largest absolute Gasteiger partial charge is 0.379 e. The maximum absolute atomic E-state index is 12.0. The molecule has 0 heterocycles. The molecule has 266 valence electrons. The summed E-state index contributed by atoms with van der Waals surface area (Å²) in [5.74, 6) is 12.4. The molecule has 0 rings (SSSR count). The average molecular weight is 648 g/mol. The molecule has 0 fully saturated rings. The van der Waals surface area contributed by atoms with Crippen molar-refractivity contribution in [2.45, 2.75) is 155 Å². The highest BCUT2D eigenvalue weighted by molar-refractivity contribution is 5.80. The summed E-state index contributed by atoms with van der Waals surface area (Å²) in [4.78, 5) is 23.3. The van der Waals surface area contributed by atoms with E-state index in [0.29, 0.717) is 59.2 Å². The predicted octanol–water partition coefficient (Wildman–Crippen LogP) is 6.83. The SMILES string of the molecule is CCCCCCCCCCCCC#CC#CCCCCCCCCC(=O)NCCCOCCOCCOCCCNC(=O)[C@H](C)N. The monoisotopic (exact) mass is 648 g/mol. The number of rotatable bonds is 33. The highest BCUT2D eigenvalue weighted by atomic mass is 16.5. The first kappa shape index (κ1) is 43.9. The van der Waals surface area contributed by atoms with Crippen molar-refractivity contribution >= 4 is 11.8 Å². The van der Waals surface area contributed by atoms with Gasteiger partial charge in [0.05, 0.1) is 32.5 Å². The molecule has 0 aromatic carbocycles. The Bertz CT molecular complexity index is 813. The molecular weight excluding hydrogens is 578 g/mol. The first-order chi connectivity index (χ1) is 22.6. The van der Waals surface area contributed by atoms with E-state index in [1.165, 1.54) is 83.5 Å². The van der Waals surface area contributed by atoms with Crippen LogP contribution in [0.3, 0.4) is 0 Å². The van der Waals surface area contributed by atoms with E-state index >= 15 is 0 Å². The zero-order valence-corrected chi connectivity index (χ0v) is 29.7. The molecule has 0 radical (unpaired) electrons. The first-order valence-corrected chi connectivity index (χ1v) is 18.6. The van der Waals surface area contributed by atoms with Crippen molar-refractivity contribution in [2.75, 3.05) is 52.7 Å². The Balaban J connectivity index is 3.30. The van der Waals surface area contributed by atoms with Crippen LogP contribution in [0.2, 0.25) is 0 Å². The second-order valence-electron chi connectivity index (χ2n) is 12.1. The van der Waals surface area contributed by atoms with Gasteiger partial charge in [0.1, 0.15) is 0 Å². The Hall–Kier alpha value is -2.10. The van der Waals surface area contributed by atoms with Crippen LogP contribution in [-0.4, -0.2) is 70.6 Å². The molecule has 0 aromatic rings. The van der Waals surface area contributed by atoms with Gasteiger partial charge in [-0.2, -0.15) is 0 Å². The quantitative estimate of drug-likeness (QED) is 0.0532. The summed E-state index contributed by atoms with van der Waals surface area (Å²) in [6.07, 6.45) is 24.4. The Morgan fingerprint density at radius 3 is 1.46 bits per heavy atom. The fourth-order valence-corrected chi connectivity index (χ4v) is 4.70. The van der Waals surface area contributed by atoms with Crippen molar-refractivity contribution in [1.82, 2.24) is 10.6 Å². The zero-order chi connectivity index (χ0) is 33.6. The summed E-state index contributed by atoms with van der Waals surface area (Å²) in [5, 5.41) is 5.72. The normalized spacial score (nSPS) is 11.3. The fourth-order valence-electron chi connectivity index (χ4n) is 4.70. The lowest BCUT2D eigenvalue weighted by Crippen LogP contribution is -2.38. The number of hydrogen-bond acceptors (Lipinski definition) is 6. The van der Waals surface area contributed by atoms with Gasteiger partial charge in [0.2, 0.25) is 11.8 Å². The van der Waals surface area contributed by atoms with E-state index in [0.717, 1.165) is 44.9 Å². The van der Waals surface area contributed by atoms with Crippen LogP contribution in [0.4, 0.5) is 0 Å². The van der Waals surface area contributed by atoms with E-state index in [9.17, 15) is 9.59 Å². The first-order valence-electron chi connectivity index (χ1n) is 18.6. The van der Waals surface area contributed by atoms with Crippen molar-refractivity contribution in [3.05, 3.63) is 0 Å². The number of carbonyl (C=O) groups excluding carboxylic acids is 2. The molecule has 8 nitrogen and oxygen atoms in total. The molecule has 0 unspecified atom stereocenters. The van der Waals surface area contributed by atoms with E-state index in [4.69, 9.17) is 19.9 Å². The Labute approximate surface area is 282 Å². The molecule has 4 N–H and O–H groups in total. The van der Waals surface area contributed by atoms with E-state index in [1.807, 2.05) is 0 Å². The molecule has 0 aromatic heterocycles. The summed E-state index contributed by atoms with van der Waals surface area (Å²) in [7, 11) is 0. The maximum atomic E-state index is 12.0. The molecule has 0 aliphatic rings. The van der Waals surface area contributed by atoms with Gasteiger partial charge in [0.25, 0.3) is 0 Å². The lowest BCUT2D eigenvalue weighted by Gasteiger charge is -2.09. The van der Waals surface area contributed by atoms with Crippen LogP contribution < -0.4 is 16.4 Å². The van der Waals surface area contributed by atoms with Gasteiger partial charge in [-0.15, -0.1) is 0 Å². The molecule has 8 heteroatoms. The maximum Gasteiger partial charge on any atom is 0.236 e. The highest BCUT2D eigenvalue weighted by Crippen LogP contribution is 2.11. The molecule has 0 aliphatic carbocycles. The summed E-state index contributed by atoms with van der Waals surface area (Å²) < 4.78 is 16.5. The van der Waals surface area contributed by atoms with Crippen molar-refractivity contribution in [3.63, 3.8) is 0 Å². The van der Waals surface area contributed by atoms with E-state index in [-0.39, 0.29) is 11.8 Å². The number of amides is 2. The lowest BCUT2D eigenvalue weighted by atomic mass is 10.1. The van der Waals surface area contributed by atoms with Gasteiger partial charge in [-0.25, -0.2) is 0 Å². The number of unbranched alkanes of at least 4 members (excludes halogenated alkanes) is 16. The third-order valence-electron chi connectivity index (χ3n) is 7.56. The number of ether oxygens (including phenoxy) is 3. The standard InChI is InChI=1S/C38H69N3O5/c1-3-4-5-6-7-8-9-10-11-12-13-14-15-16-17-18-19-20-21-22-23-24-27-37(42)40-28-25-30-44-32-34-46-35-33-45-31-26-29-41-38(43)36(2)39/h36H,3-13,18-35,39H2,1-2H3,(H,40,42)(H,41,43)/t36-/m0/s1. The van der Waals surface area contributed by atoms with Crippen LogP contribution in [0.1, 0.15) is 149 Å². The molecule has 0 aliphatic heterocycles. The third kappa shape index (κ3) is 36.4. The summed E-state index contributed by atoms with van der Waals surface area (Å²) in [6.45, 7) is 8.36. The van der Waals surface area contributed by atoms with Crippen LogP contribution in [0.25, 0.3) is 0 Å². The minimum atomic E-state index is -0.484. The van der Waals surface area contributed by atoms with Crippen LogP contribution in [0, 0.1) is 23.7 Å². The Kier molecular flexibility index (Phi) is 35.7. The van der Waals surface area contributed by atoms with Crippen molar-refractivity contribution in [2.24, 2.45) is 5.73 Å². The topological polar surface area (TPSA) is 112 Å². The van der Waals surface area contributed by atoms with Gasteiger partial charge in [-0.05, 0) is 50.9 Å². The summed E-state index contributed by atoms with van der Waals surface area (Å²) >= 11 is 0. The molecule has 0 spiro atoms. The van der Waals surface area contributed by atoms with Gasteiger partial charge >= 0.3 is 0 Å². The van der Waals surface area contributed by atoms with Gasteiger partial charge in [0.15, 0.2) is 0 Å². The van der Waals surface area contributed by atoms with E-state index in [2.05, 4.69) is 41.2 Å². The van der Waals surface area contributed by atoms with Crippen LogP contribution in [0.5, 0.6) is 0 Å². The minimum absolute atomic E-state index is 0.129. The average Bonchev–Trinajstić information content (AvgIpc) is 3.05. The van der Waals surface area contributed by atoms with Gasteiger partial charge in [0, 0.05) is 45.6 Å². The fraction of sp³-hybridized carbons (Fsp3) is 0.842. The molecule has 0 saturated carbocycles. The molecule has 2 amide bonds.